The zero-order chi connectivity index (χ0) is 12.8. The van der Waals surface area contributed by atoms with E-state index in [0.29, 0.717) is 12.3 Å². The number of benzene rings is 1. The van der Waals surface area contributed by atoms with Crippen LogP contribution < -0.4 is 10.5 Å². The molecule has 0 heterocycles. The largest absolute Gasteiger partial charge is 0.504 e. The van der Waals surface area contributed by atoms with Crippen LogP contribution in [0.4, 0.5) is 0 Å². The average Bonchev–Trinajstić information content (AvgIpc) is 2.27. The van der Waals surface area contributed by atoms with E-state index in [1.807, 2.05) is 17.9 Å². The lowest BCUT2D eigenvalue weighted by molar-refractivity contribution is -0.119. The Labute approximate surface area is 101 Å². The Hall–Kier alpha value is -1.75. The first-order chi connectivity index (χ1) is 8.06. The summed E-state index contributed by atoms with van der Waals surface area (Å²) in [4.78, 5) is 12.7. The summed E-state index contributed by atoms with van der Waals surface area (Å²) in [6, 6.07) is 5.17. The van der Waals surface area contributed by atoms with E-state index in [9.17, 15) is 9.90 Å². The second-order valence-electron chi connectivity index (χ2n) is 3.78. The minimum atomic E-state index is -0.357. The Balaban J connectivity index is 2.73. The summed E-state index contributed by atoms with van der Waals surface area (Å²) in [7, 11) is 1.50. The second kappa shape index (κ2) is 6.10. The third kappa shape index (κ3) is 3.96. The van der Waals surface area contributed by atoms with Crippen LogP contribution in [0.15, 0.2) is 18.2 Å². The van der Waals surface area contributed by atoms with Crippen LogP contribution >= 0.6 is 0 Å². The molecule has 0 spiro atoms. The number of rotatable bonds is 6. The molecule has 0 radical (unpaired) electrons. The number of methoxy groups -OCH3 is 1. The molecule has 0 aliphatic carbocycles. The highest BCUT2D eigenvalue weighted by molar-refractivity contribution is 5.75. The number of carbonyl (C=O) groups excluding carboxylic acids is 1. The van der Waals surface area contributed by atoms with Gasteiger partial charge in [0, 0.05) is 6.54 Å². The van der Waals surface area contributed by atoms with Gasteiger partial charge in [-0.3, -0.25) is 9.69 Å². The van der Waals surface area contributed by atoms with Crippen molar-refractivity contribution in [3.8, 4) is 11.5 Å². The lowest BCUT2D eigenvalue weighted by Gasteiger charge is -2.18. The lowest BCUT2D eigenvalue weighted by Crippen LogP contribution is -2.33. The van der Waals surface area contributed by atoms with Gasteiger partial charge >= 0.3 is 0 Å². The first kappa shape index (κ1) is 13.3. The van der Waals surface area contributed by atoms with Gasteiger partial charge in [0.05, 0.1) is 13.7 Å². The summed E-state index contributed by atoms with van der Waals surface area (Å²) in [5.41, 5.74) is 6.06. The number of likely N-dealkylation sites (N-methyl/N-ethyl adjacent to an activating group) is 1. The molecular formula is C12H18N2O3. The fourth-order valence-electron chi connectivity index (χ4n) is 1.59. The van der Waals surface area contributed by atoms with Gasteiger partial charge in [0.15, 0.2) is 11.5 Å². The quantitative estimate of drug-likeness (QED) is 0.765. The van der Waals surface area contributed by atoms with Crippen LogP contribution in [0.5, 0.6) is 11.5 Å². The lowest BCUT2D eigenvalue weighted by atomic mass is 10.2. The Morgan fingerprint density at radius 1 is 1.53 bits per heavy atom. The van der Waals surface area contributed by atoms with Gasteiger partial charge in [-0.15, -0.1) is 0 Å². The molecule has 0 unspecified atom stereocenters. The Kier molecular flexibility index (Phi) is 4.78. The van der Waals surface area contributed by atoms with E-state index in [2.05, 4.69) is 0 Å². The topological polar surface area (TPSA) is 75.8 Å². The summed E-state index contributed by atoms with van der Waals surface area (Å²) >= 11 is 0. The minimum Gasteiger partial charge on any atom is -0.504 e. The van der Waals surface area contributed by atoms with E-state index >= 15 is 0 Å². The second-order valence-corrected chi connectivity index (χ2v) is 3.78. The molecule has 17 heavy (non-hydrogen) atoms. The van der Waals surface area contributed by atoms with Gasteiger partial charge in [0.1, 0.15) is 0 Å². The smallest absolute Gasteiger partial charge is 0.231 e. The SMILES string of the molecule is CCN(CC(N)=O)Cc1ccc(OC)c(O)c1. The maximum Gasteiger partial charge on any atom is 0.231 e. The molecule has 1 aromatic rings. The minimum absolute atomic E-state index is 0.0973. The standard InChI is InChI=1S/C12H18N2O3/c1-3-14(8-12(13)16)7-9-4-5-11(17-2)10(15)6-9/h4-6,15H,3,7-8H2,1-2H3,(H2,13,16). The van der Waals surface area contributed by atoms with E-state index in [1.165, 1.54) is 7.11 Å². The maximum atomic E-state index is 10.8. The number of hydrogen-bond acceptors (Lipinski definition) is 4. The molecule has 0 aliphatic rings. The van der Waals surface area contributed by atoms with Crippen LogP contribution in [0.25, 0.3) is 0 Å². The van der Waals surface area contributed by atoms with Crippen molar-refractivity contribution in [2.45, 2.75) is 13.5 Å². The van der Waals surface area contributed by atoms with Gasteiger partial charge in [-0.05, 0) is 24.2 Å². The van der Waals surface area contributed by atoms with E-state index in [4.69, 9.17) is 10.5 Å². The van der Waals surface area contributed by atoms with Crippen LogP contribution in [-0.4, -0.2) is 36.1 Å². The van der Waals surface area contributed by atoms with Gasteiger partial charge in [-0.25, -0.2) is 0 Å². The molecule has 0 aromatic heterocycles. The number of primary amides is 1. The molecule has 1 aromatic carbocycles. The maximum absolute atomic E-state index is 10.8. The molecule has 94 valence electrons. The van der Waals surface area contributed by atoms with Crippen molar-refractivity contribution in [1.82, 2.24) is 4.90 Å². The number of phenolic OH excluding ortho intramolecular Hbond substituents is 1. The summed E-state index contributed by atoms with van der Waals surface area (Å²) in [6.07, 6.45) is 0. The molecular weight excluding hydrogens is 220 g/mol. The first-order valence-corrected chi connectivity index (χ1v) is 5.43. The Morgan fingerprint density at radius 3 is 2.71 bits per heavy atom. The molecule has 1 rings (SSSR count). The number of hydrogen-bond donors (Lipinski definition) is 2. The van der Waals surface area contributed by atoms with Crippen molar-refractivity contribution in [1.29, 1.82) is 0 Å². The molecule has 0 bridgehead atoms. The fourth-order valence-corrected chi connectivity index (χ4v) is 1.59. The van der Waals surface area contributed by atoms with Crippen molar-refractivity contribution in [3.63, 3.8) is 0 Å². The Morgan fingerprint density at radius 2 is 2.24 bits per heavy atom. The molecule has 0 aliphatic heterocycles. The van der Waals surface area contributed by atoms with Gasteiger partial charge in [0.2, 0.25) is 5.91 Å². The molecule has 5 heteroatoms. The first-order valence-electron chi connectivity index (χ1n) is 5.43. The monoisotopic (exact) mass is 238 g/mol. The highest BCUT2D eigenvalue weighted by Gasteiger charge is 2.08. The number of phenols is 1. The van der Waals surface area contributed by atoms with Crippen LogP contribution in [0.2, 0.25) is 0 Å². The summed E-state index contributed by atoms with van der Waals surface area (Å²) in [6.45, 7) is 3.45. The number of carbonyl (C=O) groups is 1. The molecule has 0 saturated heterocycles. The summed E-state index contributed by atoms with van der Waals surface area (Å²) in [5, 5.41) is 9.62. The van der Waals surface area contributed by atoms with Gasteiger partial charge in [-0.2, -0.15) is 0 Å². The number of nitrogens with zero attached hydrogens (tertiary/aromatic N) is 1. The van der Waals surface area contributed by atoms with Crippen molar-refractivity contribution < 1.29 is 14.6 Å². The average molecular weight is 238 g/mol. The van der Waals surface area contributed by atoms with Crippen LogP contribution in [0, 0.1) is 0 Å². The number of nitrogens with two attached hydrogens (primary N) is 1. The van der Waals surface area contributed by atoms with Crippen LogP contribution in [-0.2, 0) is 11.3 Å². The van der Waals surface area contributed by atoms with Crippen molar-refractivity contribution in [3.05, 3.63) is 23.8 Å². The Bertz CT molecular complexity index is 393. The van der Waals surface area contributed by atoms with Crippen molar-refractivity contribution in [2.75, 3.05) is 20.2 Å². The molecule has 1 amide bonds. The normalized spacial score (nSPS) is 10.5. The third-order valence-corrected chi connectivity index (χ3v) is 2.48. The van der Waals surface area contributed by atoms with Gasteiger partial charge in [-0.1, -0.05) is 13.0 Å². The number of amides is 1. The summed E-state index contributed by atoms with van der Waals surface area (Å²) < 4.78 is 4.96. The molecule has 5 nitrogen and oxygen atoms in total. The zero-order valence-corrected chi connectivity index (χ0v) is 10.1. The molecule has 0 atom stereocenters. The van der Waals surface area contributed by atoms with Crippen molar-refractivity contribution in [2.24, 2.45) is 5.73 Å². The number of ether oxygens (including phenoxy) is 1. The zero-order valence-electron chi connectivity index (χ0n) is 10.1. The molecule has 0 fully saturated rings. The molecule has 0 saturated carbocycles. The third-order valence-electron chi connectivity index (χ3n) is 2.48. The van der Waals surface area contributed by atoms with Crippen LogP contribution in [0.3, 0.4) is 0 Å². The van der Waals surface area contributed by atoms with Crippen molar-refractivity contribution >= 4 is 5.91 Å². The number of aromatic hydroxyl groups is 1. The van der Waals surface area contributed by atoms with E-state index in [1.54, 1.807) is 12.1 Å². The predicted octanol–water partition coefficient (Wildman–Crippen LogP) is 0.708. The van der Waals surface area contributed by atoms with E-state index in [0.717, 1.165) is 12.1 Å². The summed E-state index contributed by atoms with van der Waals surface area (Å²) in [5.74, 6) is 0.177. The van der Waals surface area contributed by atoms with E-state index < -0.39 is 0 Å². The molecule has 3 N–H and O–H groups in total. The van der Waals surface area contributed by atoms with E-state index in [-0.39, 0.29) is 18.2 Å². The van der Waals surface area contributed by atoms with Gasteiger partial charge < -0.3 is 15.6 Å². The highest BCUT2D eigenvalue weighted by atomic mass is 16.5. The predicted molar refractivity (Wildman–Crippen MR) is 64.8 cm³/mol. The van der Waals surface area contributed by atoms with Gasteiger partial charge in [0.25, 0.3) is 0 Å². The fraction of sp³-hybridized carbons (Fsp3) is 0.417. The highest BCUT2D eigenvalue weighted by Crippen LogP contribution is 2.26. The van der Waals surface area contributed by atoms with Crippen LogP contribution in [0.1, 0.15) is 12.5 Å².